The maximum atomic E-state index is 11.7. The highest BCUT2D eigenvalue weighted by Crippen LogP contribution is 2.11. The number of rotatable bonds is 15. The first-order chi connectivity index (χ1) is 10.7. The molecule has 0 aliphatic rings. The number of carbonyl (C=O) groups excluding carboxylic acids is 1. The number of allylic oxidation sites excluding steroid dienone is 1. The van der Waals surface area contributed by atoms with Crippen molar-refractivity contribution in [2.45, 2.75) is 104 Å². The van der Waals surface area contributed by atoms with Crippen LogP contribution in [-0.4, -0.2) is 12.6 Å². The van der Waals surface area contributed by atoms with Crippen LogP contribution >= 0.6 is 0 Å². The summed E-state index contributed by atoms with van der Waals surface area (Å²) in [4.78, 5) is 11.7. The van der Waals surface area contributed by atoms with E-state index in [1.807, 2.05) is 13.0 Å². The summed E-state index contributed by atoms with van der Waals surface area (Å²) in [6.45, 7) is 6.85. The van der Waals surface area contributed by atoms with Crippen molar-refractivity contribution in [3.8, 4) is 0 Å². The van der Waals surface area contributed by atoms with Crippen LogP contribution in [0, 0.1) is 0 Å². The lowest BCUT2D eigenvalue weighted by Gasteiger charge is -2.05. The topological polar surface area (TPSA) is 26.3 Å². The van der Waals surface area contributed by atoms with Crippen LogP contribution in [0.5, 0.6) is 0 Å². The van der Waals surface area contributed by atoms with Gasteiger partial charge in [0.25, 0.3) is 0 Å². The maximum absolute atomic E-state index is 11.7. The highest BCUT2D eigenvalue weighted by Gasteiger charge is 2.04. The van der Waals surface area contributed by atoms with Crippen molar-refractivity contribution >= 4 is 5.97 Å². The van der Waals surface area contributed by atoms with Gasteiger partial charge in [0, 0.05) is 5.57 Å². The van der Waals surface area contributed by atoms with Gasteiger partial charge in [0.1, 0.15) is 0 Å². The minimum absolute atomic E-state index is 0.132. The minimum Gasteiger partial charge on any atom is -0.462 e. The summed E-state index contributed by atoms with van der Waals surface area (Å²) in [5.74, 6) is -0.132. The number of hydrogen-bond donors (Lipinski definition) is 0. The molecule has 0 bridgehead atoms. The third kappa shape index (κ3) is 14.2. The number of ether oxygens (including phenoxy) is 1. The Balaban J connectivity index is 3.35. The Morgan fingerprint density at radius 3 is 1.82 bits per heavy atom. The molecule has 0 amide bonds. The van der Waals surface area contributed by atoms with E-state index >= 15 is 0 Å². The van der Waals surface area contributed by atoms with E-state index in [1.54, 1.807) is 0 Å². The molecule has 0 N–H and O–H groups in total. The SMILES string of the molecule is CCCCC=C(C)C(=O)OCCCCCCCCCCCC. The zero-order chi connectivity index (χ0) is 16.5. The van der Waals surface area contributed by atoms with Gasteiger partial charge >= 0.3 is 5.97 Å². The molecule has 0 aromatic heterocycles. The van der Waals surface area contributed by atoms with E-state index in [-0.39, 0.29) is 5.97 Å². The van der Waals surface area contributed by atoms with Crippen molar-refractivity contribution < 1.29 is 9.53 Å². The van der Waals surface area contributed by atoms with Gasteiger partial charge in [-0.3, -0.25) is 0 Å². The molecule has 2 heteroatoms. The largest absolute Gasteiger partial charge is 0.462 e. The number of unbranched alkanes of at least 4 members (excludes halogenated alkanes) is 11. The Kier molecular flexibility index (Phi) is 16.0. The molecule has 0 rings (SSSR count). The number of hydrogen-bond acceptors (Lipinski definition) is 2. The third-order valence-corrected chi connectivity index (χ3v) is 4.06. The second-order valence-electron chi connectivity index (χ2n) is 6.35. The molecule has 0 aliphatic carbocycles. The lowest BCUT2D eigenvalue weighted by atomic mass is 10.1. The standard InChI is InChI=1S/C20H38O2/c1-4-6-8-9-10-11-12-13-14-16-18-22-20(21)19(3)17-15-7-5-2/h17H,4-16,18H2,1-3H3. The van der Waals surface area contributed by atoms with E-state index in [1.165, 1.54) is 57.8 Å². The monoisotopic (exact) mass is 310 g/mol. The van der Waals surface area contributed by atoms with Gasteiger partial charge in [-0.1, -0.05) is 90.6 Å². The first kappa shape index (κ1) is 21.2. The smallest absolute Gasteiger partial charge is 0.333 e. The molecule has 0 unspecified atom stereocenters. The van der Waals surface area contributed by atoms with Gasteiger partial charge < -0.3 is 4.74 Å². The Labute approximate surface area is 138 Å². The molecule has 0 spiro atoms. The van der Waals surface area contributed by atoms with E-state index in [4.69, 9.17) is 4.74 Å². The molecule has 0 saturated carbocycles. The van der Waals surface area contributed by atoms with Gasteiger partial charge in [-0.15, -0.1) is 0 Å². The number of esters is 1. The van der Waals surface area contributed by atoms with Crippen molar-refractivity contribution in [1.82, 2.24) is 0 Å². The van der Waals surface area contributed by atoms with Crippen LogP contribution in [0.1, 0.15) is 104 Å². The molecular weight excluding hydrogens is 272 g/mol. The van der Waals surface area contributed by atoms with E-state index in [0.717, 1.165) is 31.3 Å². The molecule has 0 saturated heterocycles. The molecule has 2 nitrogen and oxygen atoms in total. The predicted molar refractivity (Wildman–Crippen MR) is 96.1 cm³/mol. The third-order valence-electron chi connectivity index (χ3n) is 4.06. The van der Waals surface area contributed by atoms with Crippen LogP contribution in [0.25, 0.3) is 0 Å². The molecule has 0 radical (unpaired) electrons. The first-order valence-electron chi connectivity index (χ1n) is 9.56. The van der Waals surface area contributed by atoms with Crippen molar-refractivity contribution in [2.75, 3.05) is 6.61 Å². The van der Waals surface area contributed by atoms with Gasteiger partial charge in [-0.2, -0.15) is 0 Å². The second-order valence-corrected chi connectivity index (χ2v) is 6.35. The summed E-state index contributed by atoms with van der Waals surface area (Å²) in [5.41, 5.74) is 0.764. The number of carbonyl (C=O) groups is 1. The molecule has 22 heavy (non-hydrogen) atoms. The van der Waals surface area contributed by atoms with Crippen LogP contribution in [-0.2, 0) is 9.53 Å². The molecule has 0 aliphatic heterocycles. The van der Waals surface area contributed by atoms with Crippen LogP contribution in [0.3, 0.4) is 0 Å². The van der Waals surface area contributed by atoms with Gasteiger partial charge in [0.15, 0.2) is 0 Å². The summed E-state index contributed by atoms with van der Waals surface area (Å²) < 4.78 is 5.30. The molecule has 0 aromatic rings. The van der Waals surface area contributed by atoms with Crippen LogP contribution < -0.4 is 0 Å². The summed E-state index contributed by atoms with van der Waals surface area (Å²) >= 11 is 0. The fourth-order valence-electron chi connectivity index (χ4n) is 2.47. The fraction of sp³-hybridized carbons (Fsp3) is 0.850. The Morgan fingerprint density at radius 1 is 0.773 bits per heavy atom. The summed E-state index contributed by atoms with van der Waals surface area (Å²) in [6, 6.07) is 0. The van der Waals surface area contributed by atoms with Crippen molar-refractivity contribution in [3.05, 3.63) is 11.6 Å². The Bertz CT molecular complexity index is 281. The van der Waals surface area contributed by atoms with Gasteiger partial charge in [-0.05, 0) is 19.8 Å². The Hall–Kier alpha value is -0.790. The summed E-state index contributed by atoms with van der Waals surface area (Å²) in [5, 5.41) is 0. The van der Waals surface area contributed by atoms with Crippen molar-refractivity contribution in [2.24, 2.45) is 0 Å². The minimum atomic E-state index is -0.132. The van der Waals surface area contributed by atoms with Crippen molar-refractivity contribution in [3.63, 3.8) is 0 Å². The quantitative estimate of drug-likeness (QED) is 0.194. The van der Waals surface area contributed by atoms with E-state index < -0.39 is 0 Å². The zero-order valence-corrected chi connectivity index (χ0v) is 15.3. The zero-order valence-electron chi connectivity index (χ0n) is 15.3. The van der Waals surface area contributed by atoms with E-state index in [2.05, 4.69) is 13.8 Å². The molecule has 0 atom stereocenters. The van der Waals surface area contributed by atoms with Gasteiger partial charge in [0.2, 0.25) is 0 Å². The average molecular weight is 311 g/mol. The van der Waals surface area contributed by atoms with Crippen LogP contribution in [0.15, 0.2) is 11.6 Å². The lowest BCUT2D eigenvalue weighted by Crippen LogP contribution is -2.07. The second kappa shape index (κ2) is 16.6. The predicted octanol–water partition coefficient (Wildman–Crippen LogP) is 6.59. The maximum Gasteiger partial charge on any atom is 0.333 e. The molecule has 0 fully saturated rings. The highest BCUT2D eigenvalue weighted by atomic mass is 16.5. The van der Waals surface area contributed by atoms with E-state index in [0.29, 0.717) is 6.61 Å². The summed E-state index contributed by atoms with van der Waals surface area (Å²) in [6.07, 6.45) is 18.3. The van der Waals surface area contributed by atoms with Crippen molar-refractivity contribution in [1.29, 1.82) is 0 Å². The molecule has 130 valence electrons. The highest BCUT2D eigenvalue weighted by molar-refractivity contribution is 5.87. The fourth-order valence-corrected chi connectivity index (χ4v) is 2.47. The van der Waals surface area contributed by atoms with Gasteiger partial charge in [-0.25, -0.2) is 4.79 Å². The molecule has 0 heterocycles. The first-order valence-corrected chi connectivity index (χ1v) is 9.56. The Morgan fingerprint density at radius 2 is 1.27 bits per heavy atom. The molecule has 0 aromatic carbocycles. The summed E-state index contributed by atoms with van der Waals surface area (Å²) in [7, 11) is 0. The van der Waals surface area contributed by atoms with Gasteiger partial charge in [0.05, 0.1) is 6.61 Å². The van der Waals surface area contributed by atoms with Crippen LogP contribution in [0.4, 0.5) is 0 Å². The van der Waals surface area contributed by atoms with Crippen LogP contribution in [0.2, 0.25) is 0 Å². The average Bonchev–Trinajstić information content (AvgIpc) is 2.52. The van der Waals surface area contributed by atoms with E-state index in [9.17, 15) is 4.79 Å². The normalized spacial score (nSPS) is 11.7. The lowest BCUT2D eigenvalue weighted by molar-refractivity contribution is -0.139. The molecular formula is C20H38O2.